The molecule has 126 valence electrons. The standard InChI is InChI=1S/C17H36N2O2/c1-4-20-13-11-19(12-14-21-5-2)10-8-16(3)17-7-6-9-18-15-17/h16-18H,4-15H2,1-3H3. The lowest BCUT2D eigenvalue weighted by molar-refractivity contribution is 0.0785. The van der Waals surface area contributed by atoms with Crippen molar-refractivity contribution in [3.05, 3.63) is 0 Å². The van der Waals surface area contributed by atoms with Gasteiger partial charge in [0.25, 0.3) is 0 Å². The number of rotatable bonds is 12. The van der Waals surface area contributed by atoms with Crippen LogP contribution < -0.4 is 5.32 Å². The molecule has 4 nitrogen and oxygen atoms in total. The maximum atomic E-state index is 5.50. The van der Waals surface area contributed by atoms with Gasteiger partial charge in [0.1, 0.15) is 0 Å². The van der Waals surface area contributed by atoms with Crippen molar-refractivity contribution in [2.24, 2.45) is 11.8 Å². The molecule has 0 aromatic carbocycles. The summed E-state index contributed by atoms with van der Waals surface area (Å²) in [5, 5.41) is 3.53. The molecule has 0 amide bonds. The van der Waals surface area contributed by atoms with Gasteiger partial charge in [0.15, 0.2) is 0 Å². The SMILES string of the molecule is CCOCCN(CCOCC)CCC(C)C1CCCNC1. The van der Waals surface area contributed by atoms with E-state index in [1.165, 1.54) is 32.4 Å². The van der Waals surface area contributed by atoms with E-state index in [4.69, 9.17) is 9.47 Å². The minimum absolute atomic E-state index is 0.805. The van der Waals surface area contributed by atoms with E-state index in [1.54, 1.807) is 0 Å². The minimum Gasteiger partial charge on any atom is -0.380 e. The van der Waals surface area contributed by atoms with Crippen molar-refractivity contribution in [2.45, 2.75) is 40.0 Å². The Morgan fingerprint density at radius 3 is 2.29 bits per heavy atom. The maximum absolute atomic E-state index is 5.50. The summed E-state index contributed by atoms with van der Waals surface area (Å²) < 4.78 is 11.0. The number of ether oxygens (including phenoxy) is 2. The van der Waals surface area contributed by atoms with Gasteiger partial charge in [-0.15, -0.1) is 0 Å². The zero-order valence-electron chi connectivity index (χ0n) is 14.4. The second kappa shape index (κ2) is 12.4. The molecule has 0 bridgehead atoms. The Morgan fingerprint density at radius 1 is 1.10 bits per heavy atom. The van der Waals surface area contributed by atoms with Gasteiger partial charge in [0, 0.05) is 26.3 Å². The largest absolute Gasteiger partial charge is 0.380 e. The summed E-state index contributed by atoms with van der Waals surface area (Å²) in [6, 6.07) is 0. The van der Waals surface area contributed by atoms with Crippen LogP contribution in [-0.4, -0.2) is 64.1 Å². The molecular weight excluding hydrogens is 264 g/mol. The van der Waals surface area contributed by atoms with E-state index in [1.807, 2.05) is 0 Å². The summed E-state index contributed by atoms with van der Waals surface area (Å²) in [6.07, 6.45) is 4.02. The van der Waals surface area contributed by atoms with E-state index in [0.29, 0.717) is 0 Å². The van der Waals surface area contributed by atoms with Crippen LogP contribution in [0.2, 0.25) is 0 Å². The van der Waals surface area contributed by atoms with Crippen molar-refractivity contribution in [3.63, 3.8) is 0 Å². The van der Waals surface area contributed by atoms with Crippen LogP contribution in [0.1, 0.15) is 40.0 Å². The topological polar surface area (TPSA) is 33.7 Å². The second-order valence-electron chi connectivity index (χ2n) is 6.11. The van der Waals surface area contributed by atoms with Crippen LogP contribution in [0.3, 0.4) is 0 Å². The molecule has 0 saturated carbocycles. The molecule has 0 radical (unpaired) electrons. The van der Waals surface area contributed by atoms with Crippen LogP contribution in [0.15, 0.2) is 0 Å². The average Bonchev–Trinajstić information content (AvgIpc) is 2.53. The predicted molar refractivity (Wildman–Crippen MR) is 88.8 cm³/mol. The molecule has 1 heterocycles. The highest BCUT2D eigenvalue weighted by atomic mass is 16.5. The van der Waals surface area contributed by atoms with Crippen molar-refractivity contribution >= 4 is 0 Å². The number of nitrogens with one attached hydrogen (secondary N) is 1. The monoisotopic (exact) mass is 300 g/mol. The van der Waals surface area contributed by atoms with Crippen molar-refractivity contribution in [1.82, 2.24) is 10.2 Å². The fourth-order valence-electron chi connectivity index (χ4n) is 3.00. The molecule has 21 heavy (non-hydrogen) atoms. The van der Waals surface area contributed by atoms with E-state index >= 15 is 0 Å². The van der Waals surface area contributed by atoms with E-state index < -0.39 is 0 Å². The molecule has 0 spiro atoms. The molecule has 0 aromatic heterocycles. The van der Waals surface area contributed by atoms with Crippen LogP contribution in [0.5, 0.6) is 0 Å². The van der Waals surface area contributed by atoms with Crippen LogP contribution in [0, 0.1) is 11.8 Å². The molecule has 1 saturated heterocycles. The Bertz CT molecular complexity index is 223. The number of hydrogen-bond donors (Lipinski definition) is 1. The highest BCUT2D eigenvalue weighted by Gasteiger charge is 2.20. The van der Waals surface area contributed by atoms with Gasteiger partial charge in [-0.1, -0.05) is 6.92 Å². The minimum atomic E-state index is 0.805. The van der Waals surface area contributed by atoms with Gasteiger partial charge in [-0.25, -0.2) is 0 Å². The number of piperidine rings is 1. The van der Waals surface area contributed by atoms with Crippen LogP contribution in [-0.2, 0) is 9.47 Å². The summed E-state index contributed by atoms with van der Waals surface area (Å²) in [4.78, 5) is 2.50. The second-order valence-corrected chi connectivity index (χ2v) is 6.11. The Balaban J connectivity index is 2.24. The molecule has 1 rings (SSSR count). The van der Waals surface area contributed by atoms with Gasteiger partial charge in [0.05, 0.1) is 13.2 Å². The number of nitrogens with zero attached hydrogens (tertiary/aromatic N) is 1. The third-order valence-corrected chi connectivity index (χ3v) is 4.55. The highest BCUT2D eigenvalue weighted by molar-refractivity contribution is 4.75. The fraction of sp³-hybridized carbons (Fsp3) is 1.00. The Labute approximate surface area is 131 Å². The van der Waals surface area contributed by atoms with Gasteiger partial charge in [0.2, 0.25) is 0 Å². The van der Waals surface area contributed by atoms with Gasteiger partial charge >= 0.3 is 0 Å². The lowest BCUT2D eigenvalue weighted by Gasteiger charge is -2.30. The van der Waals surface area contributed by atoms with Gasteiger partial charge in [-0.2, -0.15) is 0 Å². The van der Waals surface area contributed by atoms with Crippen LogP contribution in [0.4, 0.5) is 0 Å². The molecule has 1 aliphatic heterocycles. The van der Waals surface area contributed by atoms with Crippen molar-refractivity contribution in [2.75, 3.05) is 59.2 Å². The zero-order chi connectivity index (χ0) is 15.3. The zero-order valence-corrected chi connectivity index (χ0v) is 14.4. The summed E-state index contributed by atoms with van der Waals surface area (Å²) in [6.45, 7) is 15.4. The summed E-state index contributed by atoms with van der Waals surface area (Å²) in [7, 11) is 0. The normalized spacial score (nSPS) is 20.9. The number of hydrogen-bond acceptors (Lipinski definition) is 4. The summed E-state index contributed by atoms with van der Waals surface area (Å²) in [5.74, 6) is 1.67. The lowest BCUT2D eigenvalue weighted by Crippen LogP contribution is -2.36. The summed E-state index contributed by atoms with van der Waals surface area (Å²) >= 11 is 0. The highest BCUT2D eigenvalue weighted by Crippen LogP contribution is 2.22. The first-order valence-electron chi connectivity index (χ1n) is 8.86. The van der Waals surface area contributed by atoms with E-state index in [9.17, 15) is 0 Å². The molecule has 1 aliphatic rings. The van der Waals surface area contributed by atoms with Gasteiger partial charge < -0.3 is 14.8 Å². The maximum Gasteiger partial charge on any atom is 0.0593 e. The van der Waals surface area contributed by atoms with E-state index in [-0.39, 0.29) is 0 Å². The molecule has 2 atom stereocenters. The van der Waals surface area contributed by atoms with E-state index in [0.717, 1.165) is 57.9 Å². The average molecular weight is 300 g/mol. The molecular formula is C17H36N2O2. The first kappa shape index (κ1) is 18.9. The van der Waals surface area contributed by atoms with Crippen molar-refractivity contribution in [1.29, 1.82) is 0 Å². The first-order valence-corrected chi connectivity index (χ1v) is 8.86. The van der Waals surface area contributed by atoms with Gasteiger partial charge in [-0.05, 0) is 64.6 Å². The smallest absolute Gasteiger partial charge is 0.0593 e. The molecule has 1 N–H and O–H groups in total. The predicted octanol–water partition coefficient (Wildman–Crippen LogP) is 2.39. The Morgan fingerprint density at radius 2 is 1.76 bits per heavy atom. The van der Waals surface area contributed by atoms with Crippen molar-refractivity contribution < 1.29 is 9.47 Å². The van der Waals surface area contributed by atoms with Crippen LogP contribution >= 0.6 is 0 Å². The van der Waals surface area contributed by atoms with Crippen molar-refractivity contribution in [3.8, 4) is 0 Å². The van der Waals surface area contributed by atoms with Crippen LogP contribution in [0.25, 0.3) is 0 Å². The third kappa shape index (κ3) is 8.77. The van der Waals surface area contributed by atoms with E-state index in [2.05, 4.69) is 31.0 Å². The molecule has 2 unspecified atom stereocenters. The summed E-state index contributed by atoms with van der Waals surface area (Å²) in [5.41, 5.74) is 0. The third-order valence-electron chi connectivity index (χ3n) is 4.55. The molecule has 0 aromatic rings. The lowest BCUT2D eigenvalue weighted by atomic mass is 9.85. The fourth-order valence-corrected chi connectivity index (χ4v) is 3.00. The quantitative estimate of drug-likeness (QED) is 0.561. The molecule has 0 aliphatic carbocycles. The molecule has 1 fully saturated rings. The van der Waals surface area contributed by atoms with Gasteiger partial charge in [-0.3, -0.25) is 4.90 Å². The Kier molecular flexibility index (Phi) is 11.1. The molecule has 4 heteroatoms. The Hall–Kier alpha value is -0.160. The first-order chi connectivity index (χ1) is 10.3.